The van der Waals surface area contributed by atoms with Gasteiger partial charge < -0.3 is 82.9 Å². The summed E-state index contributed by atoms with van der Waals surface area (Å²) in [6.45, 7) is 6.03. The molecule has 23 nitrogen and oxygen atoms in total. The number of aliphatic hydroxyl groups excluding tert-OH is 1. The van der Waals surface area contributed by atoms with Crippen LogP contribution in [-0.2, 0) is 99.6 Å². The molecule has 0 aliphatic rings. The third-order valence-corrected chi connectivity index (χ3v) is 12.0. The summed E-state index contributed by atoms with van der Waals surface area (Å²) in [6.07, 6.45) is 16.5. The van der Waals surface area contributed by atoms with Gasteiger partial charge in [0, 0.05) is 91.1 Å². The van der Waals surface area contributed by atoms with Gasteiger partial charge in [-0.15, -0.1) is 5.92 Å². The quantitative estimate of drug-likeness (QED) is 0.0240. The van der Waals surface area contributed by atoms with Crippen LogP contribution in [0.15, 0.2) is 0 Å². The van der Waals surface area contributed by atoms with E-state index in [1.54, 1.807) is 6.92 Å². The molecular formula is C51H90N5O18SY-. The van der Waals surface area contributed by atoms with Crippen LogP contribution in [0.5, 0.6) is 0 Å². The Bertz CT molecular complexity index is 1600. The fourth-order valence-corrected chi connectivity index (χ4v) is 7.50. The van der Waals surface area contributed by atoms with Gasteiger partial charge in [0.1, 0.15) is 37.1 Å². The van der Waals surface area contributed by atoms with Crippen molar-refractivity contribution in [3.05, 3.63) is 6.92 Å². The number of aldehydes is 1. The van der Waals surface area contributed by atoms with E-state index < -0.39 is 54.1 Å². The van der Waals surface area contributed by atoms with Crippen molar-refractivity contribution in [3.63, 3.8) is 0 Å². The second-order valence-corrected chi connectivity index (χ2v) is 19.0. The fraction of sp³-hybridized carbons (Fsp3) is 0.784. The number of ether oxygens (including phenoxy) is 4. The van der Waals surface area contributed by atoms with E-state index in [0.29, 0.717) is 19.1 Å². The number of amides is 4. The third-order valence-electron chi connectivity index (χ3n) is 10.9. The summed E-state index contributed by atoms with van der Waals surface area (Å²) in [5, 5.41) is 46.6. The molecule has 0 bridgehead atoms. The minimum absolute atomic E-state index is 0. The number of hydrogen-bond donors (Lipinski definition) is 9. The van der Waals surface area contributed by atoms with Crippen molar-refractivity contribution < 1.29 is 120 Å². The van der Waals surface area contributed by atoms with E-state index >= 15 is 0 Å². The molecule has 0 aromatic heterocycles. The first kappa shape index (κ1) is 76.7. The Morgan fingerprint density at radius 3 is 1.51 bits per heavy atom. The summed E-state index contributed by atoms with van der Waals surface area (Å²) in [5.74, 6) is -6.71. The number of aliphatic carboxylic acids is 3. The van der Waals surface area contributed by atoms with E-state index in [4.69, 9.17) is 40.0 Å². The Morgan fingerprint density at radius 1 is 0.579 bits per heavy atom. The summed E-state index contributed by atoms with van der Waals surface area (Å²) in [6, 6.07) is -1.42. The maximum absolute atomic E-state index is 12.4. The molecule has 0 spiro atoms. The standard InChI is InChI=1S/C48H83N4O17S.C3H7NO.Y/c1-37(41(55)31-38(32-53)47(62)63)35-70-36-45(59)50-23-22-49-43(57)33-69-30-28-67-26-24-51-44(58)34-68-29-27-66-25-16-17-39(54)20-21-40(48(64)65)52-42(56)18-14-12-10-8-6-4-2-3-5-7-9-11-13-15-19-46(60)61;1-3(4)2-5;/h37-38,40,53H,1-36H2,(H,49,57)(H,50,59)(H,51,58)(H,52,56)(H,60,61)(H,62,63)(H,64,65);2-3H,4H2,1H3;/q-1;;/t37-,38-,40-;3-;/m00./s1. The number of carbonyl (C=O) groups is 10. The van der Waals surface area contributed by atoms with E-state index in [0.717, 1.165) is 56.7 Å². The number of carboxylic acids is 3. The van der Waals surface area contributed by atoms with E-state index in [2.05, 4.69) is 28.2 Å². The van der Waals surface area contributed by atoms with Gasteiger partial charge in [-0.2, -0.15) is 11.8 Å². The Labute approximate surface area is 478 Å². The van der Waals surface area contributed by atoms with E-state index in [1.165, 1.54) is 38.5 Å². The summed E-state index contributed by atoms with van der Waals surface area (Å²) < 4.78 is 21.4. The molecule has 76 heavy (non-hydrogen) atoms. The van der Waals surface area contributed by atoms with Gasteiger partial charge in [-0.1, -0.05) is 77.0 Å². The molecule has 0 aromatic carbocycles. The number of rotatable bonds is 52. The Hall–Kier alpha value is -3.49. The largest absolute Gasteiger partial charge is 0.481 e. The number of nitrogens with two attached hydrogens (primary N) is 1. The zero-order chi connectivity index (χ0) is 56.3. The number of aliphatic hydroxyl groups is 1. The SMILES string of the molecule is C[C@H](N)C=O.[CH2-][C@@H](CSCC(=O)NCCNC(=O)COCCOCCNC(=O)COCCOCCCC(=O)CC[C@H](NC(=O)CCCCCCCCCCCCCCCCC(=O)O)C(=O)O)C(=O)C[C@@H](CO)C(=O)O.[Y]. The van der Waals surface area contributed by atoms with Crippen LogP contribution in [0.4, 0.5) is 0 Å². The first-order valence-corrected chi connectivity index (χ1v) is 27.4. The van der Waals surface area contributed by atoms with Crippen molar-refractivity contribution in [1.82, 2.24) is 21.3 Å². The zero-order valence-electron chi connectivity index (χ0n) is 44.9. The molecule has 0 saturated heterocycles. The van der Waals surface area contributed by atoms with Gasteiger partial charge in [0.25, 0.3) is 0 Å². The van der Waals surface area contributed by atoms with Gasteiger partial charge in [-0.3, -0.25) is 33.6 Å². The second kappa shape index (κ2) is 54.9. The summed E-state index contributed by atoms with van der Waals surface area (Å²) in [5.41, 5.74) is 4.92. The number of carbonyl (C=O) groups excluding carboxylic acids is 7. The van der Waals surface area contributed by atoms with Crippen molar-refractivity contribution in [3.8, 4) is 0 Å². The summed E-state index contributed by atoms with van der Waals surface area (Å²) in [7, 11) is 0. The summed E-state index contributed by atoms with van der Waals surface area (Å²) in [4.78, 5) is 115. The van der Waals surface area contributed by atoms with Crippen molar-refractivity contribution >= 4 is 71.2 Å². The molecule has 10 N–H and O–H groups in total. The molecule has 437 valence electrons. The molecule has 4 amide bonds. The molecule has 0 saturated carbocycles. The minimum atomic E-state index is -1.26. The Kier molecular flexibility index (Phi) is 55.4. The van der Waals surface area contributed by atoms with Crippen LogP contribution in [-0.4, -0.2) is 183 Å². The molecular weight excluding hydrogens is 1090 g/mol. The molecule has 0 fully saturated rings. The van der Waals surface area contributed by atoms with Crippen LogP contribution < -0.4 is 27.0 Å². The van der Waals surface area contributed by atoms with E-state index in [-0.39, 0.29) is 185 Å². The Morgan fingerprint density at radius 2 is 1.04 bits per heavy atom. The Balaban J connectivity index is -0.00000844. The van der Waals surface area contributed by atoms with Crippen LogP contribution in [0.1, 0.15) is 142 Å². The van der Waals surface area contributed by atoms with E-state index in [9.17, 15) is 53.1 Å². The van der Waals surface area contributed by atoms with E-state index in [1.807, 2.05) is 0 Å². The first-order chi connectivity index (χ1) is 35.9. The second-order valence-electron chi connectivity index (χ2n) is 18.0. The number of carboxylic acid groups (broad SMARTS) is 3. The zero-order valence-corrected chi connectivity index (χ0v) is 48.6. The summed E-state index contributed by atoms with van der Waals surface area (Å²) >= 11 is 1.16. The van der Waals surface area contributed by atoms with Crippen molar-refractivity contribution in [1.29, 1.82) is 0 Å². The van der Waals surface area contributed by atoms with Gasteiger partial charge in [-0.25, -0.2) is 4.79 Å². The van der Waals surface area contributed by atoms with Crippen LogP contribution >= 0.6 is 11.8 Å². The molecule has 0 rings (SSSR count). The molecule has 1 radical (unpaired) electrons. The number of Topliss-reactive ketones (excluding diaryl/α,β-unsaturated/α-hetero) is 2. The number of nitrogens with one attached hydrogen (secondary N) is 4. The third kappa shape index (κ3) is 53.9. The number of thioether (sulfide) groups is 1. The molecule has 0 heterocycles. The number of hydrogen-bond acceptors (Lipinski definition) is 17. The molecule has 0 unspecified atom stereocenters. The maximum Gasteiger partial charge on any atom is 0.326 e. The molecule has 0 aromatic rings. The van der Waals surface area contributed by atoms with Gasteiger partial charge in [0.05, 0.1) is 57.4 Å². The van der Waals surface area contributed by atoms with Crippen LogP contribution in [0.2, 0.25) is 0 Å². The predicted molar refractivity (Wildman–Crippen MR) is 281 cm³/mol. The molecule has 0 aliphatic heterocycles. The smallest absolute Gasteiger partial charge is 0.326 e. The molecule has 25 heteroatoms. The van der Waals surface area contributed by atoms with Gasteiger partial charge in [0.2, 0.25) is 23.6 Å². The number of unbranched alkanes of at least 4 members (excludes halogenated alkanes) is 13. The normalized spacial score (nSPS) is 12.3. The predicted octanol–water partition coefficient (Wildman–Crippen LogP) is 2.79. The van der Waals surface area contributed by atoms with Crippen LogP contribution in [0.25, 0.3) is 0 Å². The minimum Gasteiger partial charge on any atom is -0.481 e. The average molecular weight is 1180 g/mol. The maximum atomic E-state index is 12.4. The number of ketones is 2. The van der Waals surface area contributed by atoms with Gasteiger partial charge in [-0.05, 0) is 38.4 Å². The van der Waals surface area contributed by atoms with Crippen molar-refractivity contribution in [2.45, 2.75) is 154 Å². The monoisotopic (exact) mass is 1180 g/mol. The van der Waals surface area contributed by atoms with Crippen molar-refractivity contribution in [2.75, 3.05) is 90.6 Å². The molecule has 4 atom stereocenters. The van der Waals surface area contributed by atoms with Crippen molar-refractivity contribution in [2.24, 2.45) is 17.6 Å². The first-order valence-electron chi connectivity index (χ1n) is 26.3. The van der Waals surface area contributed by atoms with Crippen LogP contribution in [0, 0.1) is 18.8 Å². The topological polar surface area (TPSA) is 363 Å². The fourth-order valence-electron chi connectivity index (χ4n) is 6.62. The average Bonchev–Trinajstić information content (AvgIpc) is 3.36. The molecule has 0 aliphatic carbocycles. The van der Waals surface area contributed by atoms with Crippen LogP contribution in [0.3, 0.4) is 0 Å². The van der Waals surface area contributed by atoms with Gasteiger partial charge >= 0.3 is 17.9 Å². The van der Waals surface area contributed by atoms with Gasteiger partial charge in [0.15, 0.2) is 0 Å².